The number of nitrogens with zero attached hydrogens (tertiary/aromatic N) is 2. The Labute approximate surface area is 179 Å². The highest BCUT2D eigenvalue weighted by atomic mass is 35.5. The number of ether oxygens (including phenoxy) is 1. The SMILES string of the molecule is CCC1=C(C(=O)OC)C(c2cccc(Cl)c2)CC(=O)N1Cc1cccc([N+](=O)[O-])c1. The summed E-state index contributed by atoms with van der Waals surface area (Å²) in [6.45, 7) is 1.98. The van der Waals surface area contributed by atoms with Crippen molar-refractivity contribution in [3.05, 3.63) is 86.1 Å². The van der Waals surface area contributed by atoms with Crippen LogP contribution in [-0.4, -0.2) is 28.8 Å². The number of halogens is 1. The Bertz CT molecular complexity index is 1030. The summed E-state index contributed by atoms with van der Waals surface area (Å²) >= 11 is 6.13. The third kappa shape index (κ3) is 4.36. The standard InChI is InChI=1S/C22H21ClN2O5/c1-3-19-21(22(27)30-2)18(15-7-5-8-16(23)11-15)12-20(26)24(19)13-14-6-4-9-17(10-14)25(28)29/h4-11,18H,3,12-13H2,1-2H3. The molecule has 0 aliphatic carbocycles. The molecule has 1 unspecified atom stereocenters. The van der Waals surface area contributed by atoms with Crippen LogP contribution in [0.3, 0.4) is 0 Å². The van der Waals surface area contributed by atoms with Crippen LogP contribution in [0.2, 0.25) is 5.02 Å². The van der Waals surface area contributed by atoms with E-state index < -0.39 is 16.8 Å². The van der Waals surface area contributed by atoms with Crippen LogP contribution in [0.25, 0.3) is 0 Å². The first-order valence-electron chi connectivity index (χ1n) is 9.46. The normalized spacial score (nSPS) is 16.6. The maximum absolute atomic E-state index is 13.1. The second-order valence-corrected chi connectivity index (χ2v) is 7.36. The number of benzene rings is 2. The molecule has 156 valence electrons. The molecule has 0 radical (unpaired) electrons. The maximum Gasteiger partial charge on any atom is 0.336 e. The van der Waals surface area contributed by atoms with Gasteiger partial charge in [0.15, 0.2) is 0 Å². The van der Waals surface area contributed by atoms with Crippen LogP contribution in [0.15, 0.2) is 59.8 Å². The van der Waals surface area contributed by atoms with E-state index in [0.717, 1.165) is 5.56 Å². The molecule has 2 aromatic rings. The number of non-ortho nitro benzene ring substituents is 1. The molecule has 1 heterocycles. The molecule has 0 fully saturated rings. The molecule has 2 aromatic carbocycles. The summed E-state index contributed by atoms with van der Waals surface area (Å²) in [5, 5.41) is 11.6. The molecular weight excluding hydrogens is 408 g/mol. The second-order valence-electron chi connectivity index (χ2n) is 6.92. The summed E-state index contributed by atoms with van der Waals surface area (Å²) in [7, 11) is 1.30. The molecular formula is C22H21ClN2O5. The van der Waals surface area contributed by atoms with Crippen molar-refractivity contribution in [2.24, 2.45) is 0 Å². The molecule has 1 aliphatic heterocycles. The van der Waals surface area contributed by atoms with Crippen molar-refractivity contribution >= 4 is 29.2 Å². The van der Waals surface area contributed by atoms with Gasteiger partial charge in [-0.3, -0.25) is 14.9 Å². The first-order valence-corrected chi connectivity index (χ1v) is 9.84. The van der Waals surface area contributed by atoms with E-state index in [2.05, 4.69) is 0 Å². The topological polar surface area (TPSA) is 89.8 Å². The van der Waals surface area contributed by atoms with E-state index in [1.54, 1.807) is 30.3 Å². The first-order chi connectivity index (χ1) is 14.3. The number of amides is 1. The highest BCUT2D eigenvalue weighted by molar-refractivity contribution is 6.30. The Balaban J connectivity index is 2.07. The Morgan fingerprint density at radius 3 is 2.63 bits per heavy atom. The minimum atomic E-state index is -0.506. The van der Waals surface area contributed by atoms with Gasteiger partial charge in [-0.05, 0) is 29.7 Å². The molecule has 7 nitrogen and oxygen atoms in total. The van der Waals surface area contributed by atoms with E-state index >= 15 is 0 Å². The van der Waals surface area contributed by atoms with E-state index in [1.165, 1.54) is 24.1 Å². The van der Waals surface area contributed by atoms with Gasteiger partial charge in [0, 0.05) is 35.2 Å². The molecule has 0 saturated carbocycles. The van der Waals surface area contributed by atoms with Gasteiger partial charge in [0.2, 0.25) is 5.91 Å². The summed E-state index contributed by atoms with van der Waals surface area (Å²) in [4.78, 5) is 37.9. The lowest BCUT2D eigenvalue weighted by Gasteiger charge is -2.35. The van der Waals surface area contributed by atoms with Crippen molar-refractivity contribution in [3.63, 3.8) is 0 Å². The minimum absolute atomic E-state index is 0.0519. The van der Waals surface area contributed by atoms with Crippen LogP contribution < -0.4 is 0 Å². The zero-order valence-corrected chi connectivity index (χ0v) is 17.4. The maximum atomic E-state index is 13.1. The number of carbonyl (C=O) groups excluding carboxylic acids is 2. The predicted molar refractivity (Wildman–Crippen MR) is 112 cm³/mol. The Kier molecular flexibility index (Phi) is 6.52. The van der Waals surface area contributed by atoms with Gasteiger partial charge in [-0.15, -0.1) is 0 Å². The van der Waals surface area contributed by atoms with Gasteiger partial charge in [-0.2, -0.15) is 0 Å². The molecule has 0 saturated heterocycles. The van der Waals surface area contributed by atoms with E-state index in [4.69, 9.17) is 16.3 Å². The first kappa shape index (κ1) is 21.5. The Hall–Kier alpha value is -3.19. The van der Waals surface area contributed by atoms with Gasteiger partial charge in [0.25, 0.3) is 5.69 Å². The molecule has 3 rings (SSSR count). The number of rotatable bonds is 6. The summed E-state index contributed by atoms with van der Waals surface area (Å²) in [5.74, 6) is -1.15. The number of hydrogen-bond acceptors (Lipinski definition) is 5. The van der Waals surface area contributed by atoms with Gasteiger partial charge < -0.3 is 9.64 Å². The molecule has 0 bridgehead atoms. The van der Waals surface area contributed by atoms with Crippen molar-refractivity contribution in [1.29, 1.82) is 0 Å². The van der Waals surface area contributed by atoms with Crippen LogP contribution in [-0.2, 0) is 20.9 Å². The second kappa shape index (κ2) is 9.09. The molecule has 1 atom stereocenters. The number of nitro groups is 1. The average molecular weight is 429 g/mol. The Morgan fingerprint density at radius 1 is 1.27 bits per heavy atom. The number of nitro benzene ring substituents is 1. The van der Waals surface area contributed by atoms with E-state index in [0.29, 0.717) is 28.3 Å². The Morgan fingerprint density at radius 2 is 2.00 bits per heavy atom. The van der Waals surface area contributed by atoms with E-state index in [1.807, 2.05) is 13.0 Å². The molecule has 0 N–H and O–H groups in total. The van der Waals surface area contributed by atoms with Crippen molar-refractivity contribution in [2.45, 2.75) is 32.2 Å². The summed E-state index contributed by atoms with van der Waals surface area (Å²) in [5.41, 5.74) is 2.27. The van der Waals surface area contributed by atoms with Crippen LogP contribution in [0, 0.1) is 10.1 Å². The average Bonchev–Trinajstić information content (AvgIpc) is 2.74. The zero-order chi connectivity index (χ0) is 21.8. The summed E-state index contributed by atoms with van der Waals surface area (Å²) in [6.07, 6.45) is 0.491. The van der Waals surface area contributed by atoms with Crippen LogP contribution in [0.4, 0.5) is 5.69 Å². The van der Waals surface area contributed by atoms with Gasteiger partial charge in [0.05, 0.1) is 24.2 Å². The van der Waals surface area contributed by atoms with Gasteiger partial charge in [0.1, 0.15) is 0 Å². The monoisotopic (exact) mass is 428 g/mol. The summed E-state index contributed by atoms with van der Waals surface area (Å²) in [6, 6.07) is 13.2. The number of allylic oxidation sites excluding steroid dienone is 1. The fraction of sp³-hybridized carbons (Fsp3) is 0.273. The lowest BCUT2D eigenvalue weighted by Crippen LogP contribution is -2.38. The third-order valence-electron chi connectivity index (χ3n) is 5.12. The predicted octanol–water partition coefficient (Wildman–Crippen LogP) is 4.60. The fourth-order valence-corrected chi connectivity index (χ4v) is 3.98. The summed E-state index contributed by atoms with van der Waals surface area (Å²) < 4.78 is 5.03. The van der Waals surface area contributed by atoms with Crippen LogP contribution in [0.1, 0.15) is 36.8 Å². The lowest BCUT2D eigenvalue weighted by molar-refractivity contribution is -0.384. The van der Waals surface area contributed by atoms with Gasteiger partial charge in [-0.25, -0.2) is 4.79 Å². The lowest BCUT2D eigenvalue weighted by atomic mass is 9.82. The number of methoxy groups -OCH3 is 1. The van der Waals surface area contributed by atoms with Crippen molar-refractivity contribution in [2.75, 3.05) is 7.11 Å². The molecule has 1 amide bonds. The number of esters is 1. The van der Waals surface area contributed by atoms with E-state index in [9.17, 15) is 19.7 Å². The van der Waals surface area contributed by atoms with Crippen LogP contribution >= 0.6 is 11.6 Å². The molecule has 30 heavy (non-hydrogen) atoms. The zero-order valence-electron chi connectivity index (χ0n) is 16.6. The fourth-order valence-electron chi connectivity index (χ4n) is 3.78. The molecule has 8 heteroatoms. The molecule has 0 spiro atoms. The minimum Gasteiger partial charge on any atom is -0.466 e. The van der Waals surface area contributed by atoms with Gasteiger partial charge in [-0.1, -0.05) is 42.8 Å². The largest absolute Gasteiger partial charge is 0.466 e. The van der Waals surface area contributed by atoms with E-state index in [-0.39, 0.29) is 24.6 Å². The van der Waals surface area contributed by atoms with Crippen molar-refractivity contribution < 1.29 is 19.2 Å². The quantitative estimate of drug-likeness (QED) is 0.381. The third-order valence-corrected chi connectivity index (χ3v) is 5.35. The molecule has 1 aliphatic rings. The molecule has 0 aromatic heterocycles. The van der Waals surface area contributed by atoms with Crippen LogP contribution in [0.5, 0.6) is 0 Å². The van der Waals surface area contributed by atoms with Crippen molar-refractivity contribution in [1.82, 2.24) is 4.90 Å². The van der Waals surface area contributed by atoms with Gasteiger partial charge >= 0.3 is 5.97 Å². The smallest absolute Gasteiger partial charge is 0.336 e. The van der Waals surface area contributed by atoms with Crippen molar-refractivity contribution in [3.8, 4) is 0 Å². The highest BCUT2D eigenvalue weighted by Gasteiger charge is 2.37. The highest BCUT2D eigenvalue weighted by Crippen LogP contribution is 2.39. The number of carbonyl (C=O) groups is 2. The number of hydrogen-bond donors (Lipinski definition) is 0.